The summed E-state index contributed by atoms with van der Waals surface area (Å²) in [7, 11) is 0. The van der Waals surface area contributed by atoms with E-state index in [4.69, 9.17) is 0 Å². The fourth-order valence-corrected chi connectivity index (χ4v) is 1.79. The van der Waals surface area contributed by atoms with Gasteiger partial charge in [0.1, 0.15) is 5.75 Å². The Balaban J connectivity index is 2.75. The number of carbonyl (C=O) groups excluding carboxylic acids is 2. The van der Waals surface area contributed by atoms with Crippen molar-refractivity contribution in [2.45, 2.75) is 0 Å². The minimum absolute atomic E-state index is 0.0840. The molecular weight excluding hydrogens is 248 g/mol. The molecule has 0 atom stereocenters. The number of halogens is 1. The molecule has 0 saturated heterocycles. The highest BCUT2D eigenvalue weighted by atomic mass is 79.9. The summed E-state index contributed by atoms with van der Waals surface area (Å²) in [5, 5.41) is 9.41. The summed E-state index contributed by atoms with van der Waals surface area (Å²) < 4.78 is 0.223. The first-order valence-corrected chi connectivity index (χ1v) is 4.69. The lowest BCUT2D eigenvalue weighted by atomic mass is 9.94. The Morgan fingerprint density at radius 2 is 1.93 bits per heavy atom. The van der Waals surface area contributed by atoms with E-state index in [2.05, 4.69) is 15.9 Å². The molecule has 0 unspecified atom stereocenters. The van der Waals surface area contributed by atoms with Gasteiger partial charge in [0.05, 0.1) is 10.0 Å². The minimum atomic E-state index is -0.357. The number of rotatable bonds is 0. The van der Waals surface area contributed by atoms with Gasteiger partial charge in [0.15, 0.2) is 5.78 Å². The van der Waals surface area contributed by atoms with E-state index < -0.39 is 0 Å². The van der Waals surface area contributed by atoms with Crippen LogP contribution in [0.25, 0.3) is 0 Å². The largest absolute Gasteiger partial charge is 0.507 e. The van der Waals surface area contributed by atoms with Gasteiger partial charge in [-0.05, 0) is 28.1 Å². The molecule has 4 heteroatoms. The first-order valence-electron chi connectivity index (χ1n) is 3.89. The van der Waals surface area contributed by atoms with Gasteiger partial charge < -0.3 is 5.11 Å². The Labute approximate surface area is 88.2 Å². The quantitative estimate of drug-likeness (QED) is 0.769. The Bertz CT molecular complexity index is 474. The Morgan fingerprint density at radius 3 is 2.64 bits per heavy atom. The number of hydrogen-bond acceptors (Lipinski definition) is 3. The third-order valence-electron chi connectivity index (χ3n) is 2.01. The standard InChI is InChI=1S/C10H5BrO3/c11-6-4-8(13)9-5(10(6)14)2-1-3-7(9)12/h1-4,12H. The smallest absolute Gasteiger partial charge is 0.200 e. The van der Waals surface area contributed by atoms with Crippen LogP contribution in [0.5, 0.6) is 5.75 Å². The van der Waals surface area contributed by atoms with Crippen LogP contribution >= 0.6 is 15.9 Å². The molecular formula is C10H5BrO3. The van der Waals surface area contributed by atoms with Crippen molar-refractivity contribution in [2.24, 2.45) is 0 Å². The highest BCUT2D eigenvalue weighted by Crippen LogP contribution is 2.29. The van der Waals surface area contributed by atoms with E-state index >= 15 is 0 Å². The molecule has 0 aliphatic heterocycles. The van der Waals surface area contributed by atoms with Crippen molar-refractivity contribution in [1.82, 2.24) is 0 Å². The third-order valence-corrected chi connectivity index (χ3v) is 2.60. The molecule has 1 N–H and O–H groups in total. The molecule has 1 aromatic carbocycles. The first kappa shape index (κ1) is 9.15. The molecule has 0 saturated carbocycles. The highest BCUT2D eigenvalue weighted by Gasteiger charge is 2.26. The number of phenols is 1. The predicted molar refractivity (Wildman–Crippen MR) is 53.8 cm³/mol. The Hall–Kier alpha value is -1.42. The van der Waals surface area contributed by atoms with Gasteiger partial charge >= 0.3 is 0 Å². The summed E-state index contributed by atoms with van der Waals surface area (Å²) >= 11 is 3.00. The van der Waals surface area contributed by atoms with Gasteiger partial charge in [-0.3, -0.25) is 9.59 Å². The SMILES string of the molecule is O=C1C(Br)=CC(=O)c2c(O)cccc21. The summed E-state index contributed by atoms with van der Waals surface area (Å²) in [5.74, 6) is -0.794. The van der Waals surface area contributed by atoms with E-state index in [0.717, 1.165) is 0 Å². The van der Waals surface area contributed by atoms with Gasteiger partial charge in [-0.1, -0.05) is 6.07 Å². The summed E-state index contributed by atoms with van der Waals surface area (Å²) in [6, 6.07) is 4.44. The zero-order valence-corrected chi connectivity index (χ0v) is 8.54. The van der Waals surface area contributed by atoms with Crippen LogP contribution in [0.3, 0.4) is 0 Å². The van der Waals surface area contributed by atoms with Crippen LogP contribution in [0.15, 0.2) is 28.8 Å². The van der Waals surface area contributed by atoms with Crippen molar-refractivity contribution in [1.29, 1.82) is 0 Å². The normalized spacial score (nSPS) is 15.1. The lowest BCUT2D eigenvalue weighted by molar-refractivity contribution is 0.0989. The lowest BCUT2D eigenvalue weighted by Gasteiger charge is -2.11. The Morgan fingerprint density at radius 1 is 1.21 bits per heavy atom. The maximum atomic E-state index is 11.5. The highest BCUT2D eigenvalue weighted by molar-refractivity contribution is 9.12. The molecule has 2 rings (SSSR count). The molecule has 1 aliphatic carbocycles. The number of fused-ring (bicyclic) bond motifs is 1. The van der Waals surface area contributed by atoms with Gasteiger partial charge in [-0.15, -0.1) is 0 Å². The number of phenolic OH excluding ortho intramolecular Hbond substituents is 1. The van der Waals surface area contributed by atoms with Crippen LogP contribution in [0.2, 0.25) is 0 Å². The Kier molecular flexibility index (Phi) is 2.00. The van der Waals surface area contributed by atoms with E-state index in [0.29, 0.717) is 0 Å². The molecule has 70 valence electrons. The maximum absolute atomic E-state index is 11.5. The van der Waals surface area contributed by atoms with Crippen LogP contribution in [-0.2, 0) is 0 Å². The average Bonchev–Trinajstić information content (AvgIpc) is 2.14. The number of ketones is 2. The molecule has 1 aromatic rings. The van der Waals surface area contributed by atoms with Crippen molar-refractivity contribution in [3.8, 4) is 5.75 Å². The van der Waals surface area contributed by atoms with Crippen molar-refractivity contribution < 1.29 is 14.7 Å². The second-order valence-electron chi connectivity index (χ2n) is 2.89. The second kappa shape index (κ2) is 3.06. The summed E-state index contributed by atoms with van der Waals surface area (Å²) in [5.41, 5.74) is 0.324. The van der Waals surface area contributed by atoms with Crippen molar-refractivity contribution in [2.75, 3.05) is 0 Å². The molecule has 0 heterocycles. The van der Waals surface area contributed by atoms with Crippen LogP contribution in [0.4, 0.5) is 0 Å². The van der Waals surface area contributed by atoms with Crippen molar-refractivity contribution in [3.05, 3.63) is 39.9 Å². The maximum Gasteiger partial charge on any atom is 0.200 e. The molecule has 1 aliphatic rings. The third kappa shape index (κ3) is 1.19. The number of benzene rings is 1. The number of hydrogen-bond donors (Lipinski definition) is 1. The first-order chi connectivity index (χ1) is 6.61. The topological polar surface area (TPSA) is 54.4 Å². The molecule has 0 radical (unpaired) electrons. The fourth-order valence-electron chi connectivity index (χ4n) is 1.37. The predicted octanol–water partition coefficient (Wildman–Crippen LogP) is 2.05. The van der Waals surface area contributed by atoms with Crippen LogP contribution < -0.4 is 0 Å². The van der Waals surface area contributed by atoms with Crippen LogP contribution in [0, 0.1) is 0 Å². The number of Topliss-reactive ketones (excluding diaryl/α,β-unsaturated/α-hetero) is 1. The molecule has 0 spiro atoms. The van der Waals surface area contributed by atoms with Crippen molar-refractivity contribution in [3.63, 3.8) is 0 Å². The van der Waals surface area contributed by atoms with E-state index in [1.807, 2.05) is 0 Å². The van der Waals surface area contributed by atoms with Gasteiger partial charge in [0, 0.05) is 11.6 Å². The monoisotopic (exact) mass is 252 g/mol. The van der Waals surface area contributed by atoms with Gasteiger partial charge in [0.25, 0.3) is 0 Å². The molecule has 3 nitrogen and oxygen atoms in total. The molecule has 14 heavy (non-hydrogen) atoms. The van der Waals surface area contributed by atoms with Gasteiger partial charge in [-0.2, -0.15) is 0 Å². The van der Waals surface area contributed by atoms with Crippen molar-refractivity contribution >= 4 is 27.5 Å². The summed E-state index contributed by atoms with van der Waals surface area (Å²) in [4.78, 5) is 23.0. The molecule has 0 aromatic heterocycles. The summed E-state index contributed by atoms with van der Waals surface area (Å²) in [6.07, 6.45) is 1.17. The zero-order chi connectivity index (χ0) is 10.3. The average molecular weight is 253 g/mol. The summed E-state index contributed by atoms with van der Waals surface area (Å²) in [6.45, 7) is 0. The lowest BCUT2D eigenvalue weighted by Crippen LogP contribution is -2.14. The fraction of sp³-hybridized carbons (Fsp3) is 0. The zero-order valence-electron chi connectivity index (χ0n) is 6.95. The minimum Gasteiger partial charge on any atom is -0.507 e. The van der Waals surface area contributed by atoms with Crippen LogP contribution in [0.1, 0.15) is 20.7 Å². The number of aromatic hydroxyl groups is 1. The number of allylic oxidation sites excluding steroid dienone is 2. The molecule has 0 fully saturated rings. The molecule has 0 amide bonds. The number of carbonyl (C=O) groups is 2. The van der Waals surface area contributed by atoms with Gasteiger partial charge in [0.2, 0.25) is 5.78 Å². The van der Waals surface area contributed by atoms with E-state index in [-0.39, 0.29) is 32.9 Å². The van der Waals surface area contributed by atoms with Gasteiger partial charge in [-0.25, -0.2) is 0 Å². The van der Waals surface area contributed by atoms with E-state index in [1.165, 1.54) is 24.3 Å². The molecule has 0 bridgehead atoms. The van der Waals surface area contributed by atoms with E-state index in [9.17, 15) is 14.7 Å². The second-order valence-corrected chi connectivity index (χ2v) is 3.74. The van der Waals surface area contributed by atoms with Crippen LogP contribution in [-0.4, -0.2) is 16.7 Å². The van der Waals surface area contributed by atoms with E-state index in [1.54, 1.807) is 0 Å².